The number of hydrogen-bond donors (Lipinski definition) is 2. The maximum Gasteiger partial charge on any atom is 0.101 e. The second-order valence-corrected chi connectivity index (χ2v) is 10.6. The predicted octanol–water partition coefficient (Wildman–Crippen LogP) is 6.29. The number of hydrogen-bond acceptors (Lipinski definition) is 2. The topological polar surface area (TPSA) is 52.0 Å². The second-order valence-electron chi connectivity index (χ2n) is 10.6. The van der Waals surface area contributed by atoms with Crippen LogP contribution in [0.4, 0.5) is 0 Å². The number of rotatable bonds is 3. The van der Waals surface area contributed by atoms with Crippen LogP contribution in [0.3, 0.4) is 0 Å². The Kier molecular flexibility index (Phi) is 11.4. The summed E-state index contributed by atoms with van der Waals surface area (Å²) < 4.78 is 0. The lowest BCUT2D eigenvalue weighted by Crippen LogP contribution is -2.51. The van der Waals surface area contributed by atoms with E-state index in [1.165, 1.54) is 109 Å². The van der Waals surface area contributed by atoms with Crippen molar-refractivity contribution in [2.45, 2.75) is 141 Å². The van der Waals surface area contributed by atoms with Crippen LogP contribution in [0.5, 0.6) is 0 Å². The van der Waals surface area contributed by atoms with Crippen molar-refractivity contribution in [3.8, 4) is 0 Å². The lowest BCUT2D eigenvalue weighted by Gasteiger charge is -2.43. The average Bonchev–Trinajstić information content (AvgIpc) is 2.72. The summed E-state index contributed by atoms with van der Waals surface area (Å²) in [4.78, 5) is 0. The molecule has 29 heavy (non-hydrogen) atoms. The van der Waals surface area contributed by atoms with E-state index in [0.717, 1.165) is 12.3 Å². The largest absolute Gasteiger partial charge is 0.327 e. The van der Waals surface area contributed by atoms with Crippen LogP contribution < -0.4 is 11.5 Å². The fourth-order valence-corrected chi connectivity index (χ4v) is 6.08. The Hall–Kier alpha value is -0.275. The van der Waals surface area contributed by atoms with Gasteiger partial charge in [0, 0.05) is 17.5 Å². The molecule has 2 nitrogen and oxygen atoms in total. The molecule has 0 aliphatic heterocycles. The summed E-state index contributed by atoms with van der Waals surface area (Å²) in [5.74, 6) is 0.850. The van der Waals surface area contributed by atoms with Gasteiger partial charge >= 0.3 is 0 Å². The molecule has 3 unspecified atom stereocenters. The molecule has 0 saturated heterocycles. The smallest absolute Gasteiger partial charge is 0.101 e. The highest BCUT2D eigenvalue weighted by Crippen LogP contribution is 2.43. The van der Waals surface area contributed by atoms with E-state index >= 15 is 0 Å². The molecule has 0 spiro atoms. The van der Waals surface area contributed by atoms with Gasteiger partial charge in [-0.15, -0.1) is 0 Å². The molecule has 0 aromatic carbocycles. The summed E-state index contributed by atoms with van der Waals surface area (Å²) in [6, 6.07) is 0.324. The summed E-state index contributed by atoms with van der Waals surface area (Å²) >= 11 is 0. The zero-order valence-corrected chi connectivity index (χ0v) is 20.1. The van der Waals surface area contributed by atoms with E-state index in [0.29, 0.717) is 0 Å². The third-order valence-corrected chi connectivity index (χ3v) is 8.50. The Labute approximate surface area is 183 Å². The van der Waals surface area contributed by atoms with Crippen LogP contribution in [0.1, 0.15) is 123 Å². The van der Waals surface area contributed by atoms with E-state index in [1.807, 2.05) is 0 Å². The van der Waals surface area contributed by atoms with Gasteiger partial charge in [-0.3, -0.25) is 0 Å². The van der Waals surface area contributed by atoms with Gasteiger partial charge in [-0.2, -0.15) is 0 Å². The minimum Gasteiger partial charge on any atom is -0.327 e. The van der Waals surface area contributed by atoms with Crippen molar-refractivity contribution in [3.05, 3.63) is 11.1 Å². The van der Waals surface area contributed by atoms with Gasteiger partial charge in [-0.1, -0.05) is 75.3 Å². The van der Waals surface area contributed by atoms with E-state index in [2.05, 4.69) is 21.7 Å². The van der Waals surface area contributed by atoms with Crippen molar-refractivity contribution in [1.29, 1.82) is 0 Å². The first kappa shape index (κ1) is 25.0. The number of allylic oxidation sites excluding steroid dienone is 2. The van der Waals surface area contributed by atoms with Crippen molar-refractivity contribution >= 4 is 7.85 Å². The first-order chi connectivity index (χ1) is 14.0. The third-order valence-electron chi connectivity index (χ3n) is 8.50. The molecule has 2 rings (SSSR count). The maximum atomic E-state index is 6.74. The molecule has 4 N–H and O–H groups in total. The molecule has 2 saturated carbocycles. The van der Waals surface area contributed by atoms with Gasteiger partial charge in [0.2, 0.25) is 0 Å². The average molecular weight is 403 g/mol. The van der Waals surface area contributed by atoms with Crippen molar-refractivity contribution in [2.75, 3.05) is 0 Å². The summed E-state index contributed by atoms with van der Waals surface area (Å²) in [5, 5.41) is 0. The lowest BCUT2D eigenvalue weighted by atomic mass is 9.65. The first-order valence-electron chi connectivity index (χ1n) is 13.2. The van der Waals surface area contributed by atoms with Crippen LogP contribution in [-0.4, -0.2) is 19.9 Å². The van der Waals surface area contributed by atoms with Gasteiger partial charge in [0.05, 0.1) is 0 Å². The molecule has 0 aromatic rings. The molecule has 3 atom stereocenters. The Morgan fingerprint density at radius 3 is 1.79 bits per heavy atom. The zero-order chi connectivity index (χ0) is 21.1. The van der Waals surface area contributed by atoms with Gasteiger partial charge in [-0.25, -0.2) is 0 Å². The summed E-state index contributed by atoms with van der Waals surface area (Å²) in [5.41, 5.74) is 17.1. The van der Waals surface area contributed by atoms with E-state index in [9.17, 15) is 0 Å². The Bertz CT molecular complexity index is 467. The third kappa shape index (κ3) is 7.73. The molecular formula is C26H51BN2. The molecule has 0 radical (unpaired) electrons. The molecule has 2 aliphatic carbocycles. The van der Waals surface area contributed by atoms with Gasteiger partial charge in [0.15, 0.2) is 0 Å². The second kappa shape index (κ2) is 13.2. The summed E-state index contributed by atoms with van der Waals surface area (Å²) in [6.45, 7) is 4.48. The Morgan fingerprint density at radius 2 is 1.24 bits per heavy atom. The van der Waals surface area contributed by atoms with Crippen molar-refractivity contribution in [1.82, 2.24) is 0 Å². The predicted molar refractivity (Wildman–Crippen MR) is 132 cm³/mol. The molecule has 0 heterocycles. The quantitative estimate of drug-likeness (QED) is 0.430. The molecule has 168 valence electrons. The first-order valence-corrected chi connectivity index (χ1v) is 13.2. The minimum absolute atomic E-state index is 0.0629. The van der Waals surface area contributed by atoms with Crippen LogP contribution in [0, 0.1) is 11.3 Å². The van der Waals surface area contributed by atoms with Gasteiger partial charge in [-0.05, 0) is 71.1 Å². The Balaban J connectivity index is 2.28. The Morgan fingerprint density at radius 1 is 0.759 bits per heavy atom. The minimum atomic E-state index is 0.0629. The van der Waals surface area contributed by atoms with Crippen LogP contribution in [0.25, 0.3) is 0 Å². The maximum absolute atomic E-state index is 6.74. The molecule has 3 heteroatoms. The summed E-state index contributed by atoms with van der Waals surface area (Å²) in [7, 11) is 2.38. The van der Waals surface area contributed by atoms with E-state index in [-0.39, 0.29) is 17.5 Å². The zero-order valence-electron chi connectivity index (χ0n) is 20.1. The molecule has 0 bridgehead atoms. The molecule has 2 aliphatic rings. The van der Waals surface area contributed by atoms with Crippen LogP contribution in [0.2, 0.25) is 6.32 Å². The van der Waals surface area contributed by atoms with E-state index in [1.54, 1.807) is 11.1 Å². The highest BCUT2D eigenvalue weighted by molar-refractivity contribution is 6.08. The van der Waals surface area contributed by atoms with Crippen LogP contribution >= 0.6 is 0 Å². The normalized spacial score (nSPS) is 31.5. The lowest BCUT2D eigenvalue weighted by molar-refractivity contribution is 0.153. The fraction of sp³-hybridized carbons (Fsp3) is 0.923. The molecule has 0 aromatic heterocycles. The SMILES string of the molecule is BCC1CCCCCCCCCC(=C2CCCCC2)CC(C(C)N)(C(C)N)CC1. The van der Waals surface area contributed by atoms with Gasteiger partial charge < -0.3 is 11.5 Å². The number of nitrogens with two attached hydrogens (primary N) is 2. The molecular weight excluding hydrogens is 351 g/mol. The molecule has 0 amide bonds. The van der Waals surface area contributed by atoms with Crippen molar-refractivity contribution in [2.24, 2.45) is 22.8 Å². The molecule has 2 fully saturated rings. The standard InChI is InChI=1S/C26H51BN2/c1-21(28)26(22(2)29)18-17-23(20-27)13-9-6-4-3-5-7-10-16-25(19-26)24-14-11-8-12-15-24/h21-23H,3-20,27-29H2,1-2H3. The van der Waals surface area contributed by atoms with E-state index in [4.69, 9.17) is 11.5 Å². The fourth-order valence-electron chi connectivity index (χ4n) is 6.08. The van der Waals surface area contributed by atoms with Crippen LogP contribution in [-0.2, 0) is 0 Å². The van der Waals surface area contributed by atoms with Gasteiger partial charge in [0.1, 0.15) is 7.85 Å². The van der Waals surface area contributed by atoms with E-state index < -0.39 is 0 Å². The van der Waals surface area contributed by atoms with Gasteiger partial charge in [0.25, 0.3) is 0 Å². The highest BCUT2D eigenvalue weighted by atomic mass is 14.8. The van der Waals surface area contributed by atoms with Crippen LogP contribution in [0.15, 0.2) is 11.1 Å². The highest BCUT2D eigenvalue weighted by Gasteiger charge is 2.39. The van der Waals surface area contributed by atoms with Crippen molar-refractivity contribution in [3.63, 3.8) is 0 Å². The monoisotopic (exact) mass is 402 g/mol. The van der Waals surface area contributed by atoms with Crippen molar-refractivity contribution < 1.29 is 0 Å². The summed E-state index contributed by atoms with van der Waals surface area (Å²) in [6.07, 6.45) is 24.5.